The van der Waals surface area contributed by atoms with E-state index in [1.807, 2.05) is 24.3 Å². The van der Waals surface area contributed by atoms with E-state index in [2.05, 4.69) is 9.24 Å². The SMILES string of the molecule is Fc1c(Cl)cccc1-c1ccc(P)cc1. The van der Waals surface area contributed by atoms with Crippen LogP contribution in [0.1, 0.15) is 0 Å². The summed E-state index contributed by atoms with van der Waals surface area (Å²) < 4.78 is 13.7. The number of hydrogen-bond donors (Lipinski definition) is 0. The zero-order chi connectivity index (χ0) is 10.8. The van der Waals surface area contributed by atoms with Crippen LogP contribution in [-0.2, 0) is 0 Å². The van der Waals surface area contributed by atoms with Crippen LogP contribution in [0.3, 0.4) is 0 Å². The van der Waals surface area contributed by atoms with Gasteiger partial charge in [-0.2, -0.15) is 0 Å². The summed E-state index contributed by atoms with van der Waals surface area (Å²) in [5.41, 5.74) is 1.37. The second-order valence-electron chi connectivity index (χ2n) is 3.22. The Balaban J connectivity index is 2.54. The number of hydrogen-bond acceptors (Lipinski definition) is 0. The average molecular weight is 239 g/mol. The molecular formula is C12H9ClFP. The van der Waals surface area contributed by atoms with Crippen molar-refractivity contribution in [2.45, 2.75) is 0 Å². The lowest BCUT2D eigenvalue weighted by Gasteiger charge is -2.04. The molecule has 76 valence electrons. The van der Waals surface area contributed by atoms with Crippen LogP contribution in [0, 0.1) is 5.82 Å². The fraction of sp³-hybridized carbons (Fsp3) is 0. The van der Waals surface area contributed by atoms with E-state index >= 15 is 0 Å². The van der Waals surface area contributed by atoms with Crippen molar-refractivity contribution < 1.29 is 4.39 Å². The molecule has 0 saturated carbocycles. The molecule has 1 atom stereocenters. The summed E-state index contributed by atoms with van der Waals surface area (Å²) in [5, 5.41) is 1.23. The first-order valence-electron chi connectivity index (χ1n) is 4.48. The van der Waals surface area contributed by atoms with Gasteiger partial charge in [0.1, 0.15) is 5.82 Å². The summed E-state index contributed by atoms with van der Waals surface area (Å²) in [6, 6.07) is 12.6. The summed E-state index contributed by atoms with van der Waals surface area (Å²) in [4.78, 5) is 0. The van der Waals surface area contributed by atoms with Gasteiger partial charge in [-0.1, -0.05) is 48.0 Å². The van der Waals surface area contributed by atoms with Gasteiger partial charge in [-0.15, -0.1) is 9.24 Å². The van der Waals surface area contributed by atoms with Gasteiger partial charge in [-0.3, -0.25) is 0 Å². The molecule has 15 heavy (non-hydrogen) atoms. The Bertz CT molecular complexity index is 479. The Kier molecular flexibility index (Phi) is 3.04. The molecule has 0 heterocycles. The lowest BCUT2D eigenvalue weighted by atomic mass is 10.1. The average Bonchev–Trinajstić information content (AvgIpc) is 2.24. The van der Waals surface area contributed by atoms with Gasteiger partial charge in [0, 0.05) is 5.56 Å². The van der Waals surface area contributed by atoms with Crippen molar-refractivity contribution in [3.8, 4) is 11.1 Å². The zero-order valence-electron chi connectivity index (χ0n) is 7.87. The molecule has 1 unspecified atom stereocenters. The minimum absolute atomic E-state index is 0.155. The second kappa shape index (κ2) is 4.30. The summed E-state index contributed by atoms with van der Waals surface area (Å²) in [6.07, 6.45) is 0. The molecule has 0 bridgehead atoms. The molecular weight excluding hydrogens is 230 g/mol. The predicted molar refractivity (Wildman–Crippen MR) is 66.2 cm³/mol. The maximum absolute atomic E-state index is 13.7. The third-order valence-electron chi connectivity index (χ3n) is 2.17. The van der Waals surface area contributed by atoms with Crippen molar-refractivity contribution in [3.63, 3.8) is 0 Å². The van der Waals surface area contributed by atoms with Crippen molar-refractivity contribution in [2.75, 3.05) is 0 Å². The van der Waals surface area contributed by atoms with E-state index in [9.17, 15) is 4.39 Å². The molecule has 0 aliphatic rings. The third kappa shape index (κ3) is 2.19. The highest BCUT2D eigenvalue weighted by atomic mass is 35.5. The lowest BCUT2D eigenvalue weighted by Crippen LogP contribution is -1.90. The summed E-state index contributed by atoms with van der Waals surface area (Å²) in [6.45, 7) is 0. The third-order valence-corrected chi connectivity index (χ3v) is 2.85. The van der Waals surface area contributed by atoms with Crippen molar-refractivity contribution >= 4 is 26.1 Å². The van der Waals surface area contributed by atoms with Crippen LogP contribution in [0.4, 0.5) is 4.39 Å². The van der Waals surface area contributed by atoms with E-state index in [1.165, 1.54) is 0 Å². The first kappa shape index (κ1) is 10.6. The molecule has 3 heteroatoms. The van der Waals surface area contributed by atoms with E-state index in [1.54, 1.807) is 18.2 Å². The van der Waals surface area contributed by atoms with Crippen LogP contribution >= 0.6 is 20.8 Å². The van der Waals surface area contributed by atoms with Crippen LogP contribution in [0.5, 0.6) is 0 Å². The normalized spacial score (nSPS) is 10.3. The monoisotopic (exact) mass is 238 g/mol. The first-order valence-corrected chi connectivity index (χ1v) is 5.44. The number of halogens is 2. The molecule has 0 radical (unpaired) electrons. The largest absolute Gasteiger partial charge is 0.205 e. The molecule has 2 aromatic rings. The molecule has 0 spiro atoms. The van der Waals surface area contributed by atoms with Gasteiger partial charge in [0.2, 0.25) is 0 Å². The highest BCUT2D eigenvalue weighted by molar-refractivity contribution is 7.27. The Labute approximate surface area is 95.3 Å². The van der Waals surface area contributed by atoms with Crippen LogP contribution in [0.2, 0.25) is 5.02 Å². The van der Waals surface area contributed by atoms with E-state index in [0.717, 1.165) is 10.9 Å². The predicted octanol–water partition coefficient (Wildman–Crippen LogP) is 3.65. The van der Waals surface area contributed by atoms with Gasteiger partial charge in [-0.05, 0) is 16.9 Å². The number of rotatable bonds is 1. The van der Waals surface area contributed by atoms with Gasteiger partial charge in [0.15, 0.2) is 0 Å². The molecule has 2 rings (SSSR count). The highest BCUT2D eigenvalue weighted by Crippen LogP contribution is 2.26. The second-order valence-corrected chi connectivity index (χ2v) is 4.30. The highest BCUT2D eigenvalue weighted by Gasteiger charge is 2.07. The fourth-order valence-electron chi connectivity index (χ4n) is 1.39. The standard InChI is InChI=1S/C12H9ClFP/c13-11-3-1-2-10(12(11)14)8-4-6-9(15)7-5-8/h1-7H,15H2. The number of benzene rings is 2. The minimum atomic E-state index is -0.365. The molecule has 0 aliphatic heterocycles. The van der Waals surface area contributed by atoms with Crippen molar-refractivity contribution in [1.82, 2.24) is 0 Å². The van der Waals surface area contributed by atoms with E-state index in [0.29, 0.717) is 5.56 Å². The molecule has 0 amide bonds. The van der Waals surface area contributed by atoms with Crippen LogP contribution in [0.25, 0.3) is 11.1 Å². The maximum atomic E-state index is 13.7. The van der Waals surface area contributed by atoms with E-state index < -0.39 is 0 Å². The maximum Gasteiger partial charge on any atom is 0.149 e. The van der Waals surface area contributed by atoms with Gasteiger partial charge in [0.05, 0.1) is 5.02 Å². The van der Waals surface area contributed by atoms with Crippen LogP contribution in [0.15, 0.2) is 42.5 Å². The molecule has 0 saturated heterocycles. The van der Waals surface area contributed by atoms with Crippen molar-refractivity contribution in [3.05, 3.63) is 53.3 Å². The summed E-state index contributed by atoms with van der Waals surface area (Å²) in [7, 11) is 2.59. The van der Waals surface area contributed by atoms with Crippen LogP contribution < -0.4 is 5.30 Å². The van der Waals surface area contributed by atoms with Crippen molar-refractivity contribution in [1.29, 1.82) is 0 Å². The van der Waals surface area contributed by atoms with Crippen LogP contribution in [-0.4, -0.2) is 0 Å². The fourth-order valence-corrected chi connectivity index (χ4v) is 1.76. The first-order chi connectivity index (χ1) is 7.18. The van der Waals surface area contributed by atoms with E-state index in [4.69, 9.17) is 11.6 Å². The smallest absolute Gasteiger partial charge is 0.149 e. The van der Waals surface area contributed by atoms with Gasteiger partial charge < -0.3 is 0 Å². The zero-order valence-corrected chi connectivity index (χ0v) is 9.79. The Hall–Kier alpha value is -0.910. The van der Waals surface area contributed by atoms with Crippen molar-refractivity contribution in [2.24, 2.45) is 0 Å². The minimum Gasteiger partial charge on any atom is -0.205 e. The quantitative estimate of drug-likeness (QED) is 0.666. The van der Waals surface area contributed by atoms with Gasteiger partial charge >= 0.3 is 0 Å². The van der Waals surface area contributed by atoms with Gasteiger partial charge in [0.25, 0.3) is 0 Å². The molecule has 0 aliphatic carbocycles. The molecule has 0 N–H and O–H groups in total. The summed E-state index contributed by atoms with van der Waals surface area (Å²) in [5.74, 6) is -0.365. The van der Waals surface area contributed by atoms with Gasteiger partial charge in [-0.25, -0.2) is 4.39 Å². The lowest BCUT2D eigenvalue weighted by molar-refractivity contribution is 0.632. The molecule has 0 aromatic heterocycles. The Morgan fingerprint density at radius 2 is 1.67 bits per heavy atom. The molecule has 0 nitrogen and oxygen atoms in total. The summed E-state index contributed by atoms with van der Waals surface area (Å²) >= 11 is 5.72. The van der Waals surface area contributed by atoms with E-state index in [-0.39, 0.29) is 10.8 Å². The molecule has 0 fully saturated rings. The Morgan fingerprint density at radius 3 is 2.33 bits per heavy atom. The Morgan fingerprint density at radius 1 is 1.00 bits per heavy atom. The molecule has 2 aromatic carbocycles. The topological polar surface area (TPSA) is 0 Å².